The van der Waals surface area contributed by atoms with E-state index in [1.165, 1.54) is 17.2 Å². The number of halogens is 2. The van der Waals surface area contributed by atoms with Crippen molar-refractivity contribution in [3.05, 3.63) is 12.7 Å². The average molecular weight is 437 g/mol. The largest absolute Gasteiger partial charge is 0.386 e. The summed E-state index contributed by atoms with van der Waals surface area (Å²) in [7, 11) is 0. The SMILES string of the molecule is CC(C)OP1(=S)OC[C@@]2(C(F)F)O[C@H](n3cnc4ncnc(N)c43)[C@@H](O)[C@@H]2O1. The minimum atomic E-state index is -3.33. The lowest BCUT2D eigenvalue weighted by molar-refractivity contribution is -0.204. The van der Waals surface area contributed by atoms with E-state index in [-0.39, 0.29) is 23.1 Å². The van der Waals surface area contributed by atoms with Gasteiger partial charge in [0.05, 0.1) is 12.7 Å². The summed E-state index contributed by atoms with van der Waals surface area (Å²) < 4.78 is 51.4. The number of rotatable bonds is 4. The van der Waals surface area contributed by atoms with Crippen LogP contribution in [0.15, 0.2) is 12.7 Å². The minimum Gasteiger partial charge on any atom is -0.386 e. The van der Waals surface area contributed by atoms with E-state index in [1.807, 2.05) is 0 Å². The monoisotopic (exact) mass is 437 g/mol. The van der Waals surface area contributed by atoms with E-state index in [9.17, 15) is 13.9 Å². The van der Waals surface area contributed by atoms with Gasteiger partial charge in [-0.1, -0.05) is 0 Å². The molecule has 154 valence electrons. The lowest BCUT2D eigenvalue weighted by atomic mass is 9.96. The van der Waals surface area contributed by atoms with E-state index in [0.717, 1.165) is 0 Å². The van der Waals surface area contributed by atoms with Crippen LogP contribution in [0.2, 0.25) is 0 Å². The Kier molecular flexibility index (Phi) is 4.90. The second kappa shape index (κ2) is 6.87. The molecule has 2 aromatic rings. The summed E-state index contributed by atoms with van der Waals surface area (Å²) in [5, 5.41) is 10.8. The van der Waals surface area contributed by atoms with Crippen LogP contribution >= 0.6 is 6.72 Å². The number of alkyl halides is 2. The van der Waals surface area contributed by atoms with Gasteiger partial charge in [0.15, 0.2) is 23.3 Å². The van der Waals surface area contributed by atoms with Crippen molar-refractivity contribution < 1.29 is 32.2 Å². The fourth-order valence-electron chi connectivity index (χ4n) is 3.28. The van der Waals surface area contributed by atoms with Gasteiger partial charge in [0.2, 0.25) is 0 Å². The van der Waals surface area contributed by atoms with Gasteiger partial charge < -0.3 is 24.6 Å². The van der Waals surface area contributed by atoms with Crippen LogP contribution in [0, 0.1) is 0 Å². The second-order valence-corrected chi connectivity index (χ2v) is 9.65. The maximum atomic E-state index is 14.0. The van der Waals surface area contributed by atoms with Gasteiger partial charge in [0, 0.05) is 0 Å². The Hall–Kier alpha value is -1.34. The van der Waals surface area contributed by atoms with Gasteiger partial charge in [-0.25, -0.2) is 23.7 Å². The van der Waals surface area contributed by atoms with E-state index < -0.39 is 43.8 Å². The average Bonchev–Trinajstić information content (AvgIpc) is 3.15. The molecule has 4 heterocycles. The fourth-order valence-corrected chi connectivity index (χ4v) is 5.86. The van der Waals surface area contributed by atoms with Crippen LogP contribution in [-0.2, 0) is 30.1 Å². The van der Waals surface area contributed by atoms with E-state index in [0.29, 0.717) is 0 Å². The third-order valence-electron chi connectivity index (χ3n) is 4.49. The lowest BCUT2D eigenvalue weighted by Crippen LogP contribution is -2.56. The van der Waals surface area contributed by atoms with Gasteiger partial charge in [-0.3, -0.25) is 9.09 Å². The summed E-state index contributed by atoms with van der Waals surface area (Å²) in [5.74, 6) is 0.0599. The molecule has 0 spiro atoms. The molecule has 3 N–H and O–H groups in total. The molecule has 2 fully saturated rings. The van der Waals surface area contributed by atoms with Gasteiger partial charge >= 0.3 is 6.72 Å². The number of ether oxygens (including phenoxy) is 1. The van der Waals surface area contributed by atoms with Crippen LogP contribution in [0.5, 0.6) is 0 Å². The Labute approximate surface area is 163 Å². The fraction of sp³-hybridized carbons (Fsp3) is 0.643. The Morgan fingerprint density at radius 1 is 1.43 bits per heavy atom. The van der Waals surface area contributed by atoms with Crippen LogP contribution < -0.4 is 5.73 Å². The molecule has 0 bridgehead atoms. The van der Waals surface area contributed by atoms with Gasteiger partial charge in [-0.15, -0.1) is 0 Å². The Balaban J connectivity index is 1.74. The minimum absolute atomic E-state index is 0.0599. The molecule has 5 atom stereocenters. The summed E-state index contributed by atoms with van der Waals surface area (Å²) in [6.07, 6.45) is -5.16. The number of nitrogens with two attached hydrogens (primary N) is 1. The molecule has 0 amide bonds. The van der Waals surface area contributed by atoms with Crippen molar-refractivity contribution in [2.75, 3.05) is 12.3 Å². The predicted octanol–water partition coefficient (Wildman–Crippen LogP) is 1.37. The van der Waals surface area contributed by atoms with Crippen LogP contribution in [0.25, 0.3) is 11.2 Å². The summed E-state index contributed by atoms with van der Waals surface area (Å²) in [5.41, 5.74) is 4.11. The number of nitrogen functional groups attached to an aromatic ring is 1. The molecule has 2 aromatic heterocycles. The van der Waals surface area contributed by atoms with Crippen molar-refractivity contribution >= 4 is 35.5 Å². The third kappa shape index (κ3) is 3.02. The molecule has 2 aliphatic rings. The van der Waals surface area contributed by atoms with Crippen molar-refractivity contribution in [3.63, 3.8) is 0 Å². The van der Waals surface area contributed by atoms with Crippen molar-refractivity contribution in [1.82, 2.24) is 19.5 Å². The summed E-state index contributed by atoms with van der Waals surface area (Å²) in [6, 6.07) is 0. The number of nitrogens with zero attached hydrogens (tertiary/aromatic N) is 4. The number of hydrogen-bond acceptors (Lipinski definition) is 10. The molecule has 2 aliphatic heterocycles. The highest BCUT2D eigenvalue weighted by Crippen LogP contribution is 2.61. The Morgan fingerprint density at radius 3 is 2.86 bits per heavy atom. The molecule has 4 rings (SSSR count). The van der Waals surface area contributed by atoms with Gasteiger partial charge in [-0.05, 0) is 25.7 Å². The topological polar surface area (TPSA) is 127 Å². The Morgan fingerprint density at radius 2 is 2.18 bits per heavy atom. The van der Waals surface area contributed by atoms with Crippen molar-refractivity contribution in [2.24, 2.45) is 0 Å². The molecule has 14 heteroatoms. The molecular formula is C14H18F2N5O5PS. The van der Waals surface area contributed by atoms with Crippen LogP contribution in [0.1, 0.15) is 20.1 Å². The molecule has 1 unspecified atom stereocenters. The van der Waals surface area contributed by atoms with Crippen molar-refractivity contribution in [1.29, 1.82) is 0 Å². The predicted molar refractivity (Wildman–Crippen MR) is 95.9 cm³/mol. The van der Waals surface area contributed by atoms with E-state index in [2.05, 4.69) is 15.0 Å². The lowest BCUT2D eigenvalue weighted by Gasteiger charge is -2.41. The zero-order valence-electron chi connectivity index (χ0n) is 14.8. The smallest absolute Gasteiger partial charge is 0.328 e. The molecular weight excluding hydrogens is 419 g/mol. The quantitative estimate of drug-likeness (QED) is 0.677. The van der Waals surface area contributed by atoms with E-state index in [1.54, 1.807) is 13.8 Å². The van der Waals surface area contributed by atoms with E-state index >= 15 is 0 Å². The van der Waals surface area contributed by atoms with Crippen molar-refractivity contribution in [3.8, 4) is 0 Å². The van der Waals surface area contributed by atoms with Gasteiger partial charge in [-0.2, -0.15) is 0 Å². The van der Waals surface area contributed by atoms with E-state index in [4.69, 9.17) is 35.8 Å². The summed E-state index contributed by atoms with van der Waals surface area (Å²) >= 11 is 5.25. The van der Waals surface area contributed by atoms with Crippen LogP contribution in [0.3, 0.4) is 0 Å². The first-order valence-electron chi connectivity index (χ1n) is 8.35. The number of imidazole rings is 1. The summed E-state index contributed by atoms with van der Waals surface area (Å²) in [4.78, 5) is 11.9. The number of anilines is 1. The molecule has 2 saturated heterocycles. The van der Waals surface area contributed by atoms with Gasteiger partial charge in [0.25, 0.3) is 6.43 Å². The second-order valence-electron chi connectivity index (χ2n) is 6.74. The zero-order chi connectivity index (χ0) is 20.3. The standard InChI is InChI=1S/C14H18F2N5O5PS/c1-6(2)25-27(28)23-3-14(13(15)16)9(26-27)8(22)12(24-14)21-5-20-11-7(21)10(17)18-4-19-11/h4-6,8-9,12-13,22H,3H2,1-2H3,(H2,17,18,19)/t8-,9-,12-,14+,27?/m0/s1. The highest BCUT2D eigenvalue weighted by Gasteiger charge is 2.66. The molecule has 0 radical (unpaired) electrons. The number of hydrogen-bond donors (Lipinski definition) is 2. The first-order valence-corrected chi connectivity index (χ1v) is 10.9. The number of aliphatic hydroxyl groups is 1. The highest BCUT2D eigenvalue weighted by molar-refractivity contribution is 8.07. The van der Waals surface area contributed by atoms with Crippen LogP contribution in [-0.4, -0.2) is 61.6 Å². The zero-order valence-corrected chi connectivity index (χ0v) is 16.5. The number of aliphatic hydroxyl groups excluding tert-OH is 1. The normalized spacial score (nSPS) is 35.8. The van der Waals surface area contributed by atoms with Gasteiger partial charge in [0.1, 0.15) is 30.4 Å². The molecule has 28 heavy (non-hydrogen) atoms. The first-order chi connectivity index (χ1) is 13.2. The summed E-state index contributed by atoms with van der Waals surface area (Å²) in [6.45, 7) is -0.508. The van der Waals surface area contributed by atoms with Crippen molar-refractivity contribution in [2.45, 2.75) is 50.4 Å². The molecule has 0 saturated carbocycles. The number of fused-ring (bicyclic) bond motifs is 2. The molecule has 10 nitrogen and oxygen atoms in total. The maximum Gasteiger partial charge on any atom is 0.328 e. The third-order valence-corrected chi connectivity index (χ3v) is 6.94. The molecule has 0 aromatic carbocycles. The maximum absolute atomic E-state index is 14.0. The molecule has 0 aliphatic carbocycles. The Bertz CT molecular complexity index is 948. The first kappa shape index (κ1) is 20.0. The highest BCUT2D eigenvalue weighted by atomic mass is 32.5. The number of aromatic nitrogens is 4. The van der Waals surface area contributed by atoms with Crippen LogP contribution in [0.4, 0.5) is 14.6 Å².